The molecular formula is C94H129N21O21S. The number of phenolic OH excluding ortho intramolecular Hbond substituents is 1. The molecule has 6 aromatic rings. The van der Waals surface area contributed by atoms with Gasteiger partial charge < -0.3 is 125 Å². The molecule has 42 nitrogen and oxygen atoms in total. The molecule has 17 amide bonds. The summed E-state index contributed by atoms with van der Waals surface area (Å²) in [7, 11) is 3.91. The molecule has 742 valence electrons. The minimum Gasteiger partial charge on any atom is -0.508 e. The van der Waals surface area contributed by atoms with Crippen molar-refractivity contribution in [3.63, 3.8) is 0 Å². The lowest BCUT2D eigenvalue weighted by Gasteiger charge is -2.36. The van der Waals surface area contributed by atoms with Gasteiger partial charge in [-0.15, -0.1) is 11.8 Å². The number of carbonyl (C=O) groups excluding carboxylic acids is 17. The number of thioether (sulfide) groups is 1. The number of aromatic nitrogens is 2. The molecule has 0 unspecified atom stereocenters. The number of fused-ring (bicyclic) bond motifs is 4. The Morgan fingerprint density at radius 2 is 1.07 bits per heavy atom. The van der Waals surface area contributed by atoms with E-state index in [0.29, 0.717) is 69.7 Å². The summed E-state index contributed by atoms with van der Waals surface area (Å²) in [5, 5.41) is 59.5. The Morgan fingerprint density at radius 3 is 1.73 bits per heavy atom. The van der Waals surface area contributed by atoms with Gasteiger partial charge in [-0.3, -0.25) is 86.3 Å². The van der Waals surface area contributed by atoms with Crippen molar-refractivity contribution in [1.29, 1.82) is 0 Å². The Morgan fingerprint density at radius 1 is 0.533 bits per heavy atom. The number of phenols is 1. The minimum atomic E-state index is -1.77. The first-order valence-corrected chi connectivity index (χ1v) is 47.2. The maximum Gasteiger partial charge on any atom is 0.323 e. The number of amides is 17. The maximum atomic E-state index is 16.0. The second-order valence-electron chi connectivity index (χ2n) is 35.4. The van der Waals surface area contributed by atoms with Crippen LogP contribution < -0.4 is 76.1 Å². The highest BCUT2D eigenvalue weighted by Crippen LogP contribution is 2.29. The predicted molar refractivity (Wildman–Crippen MR) is 505 cm³/mol. The number of nitrogens with two attached hydrogens (primary N) is 4. The largest absolute Gasteiger partial charge is 0.508 e. The average molecular weight is 1920 g/mol. The molecule has 3 aliphatic heterocycles. The van der Waals surface area contributed by atoms with E-state index in [-0.39, 0.29) is 89.0 Å². The molecule has 43 heteroatoms. The summed E-state index contributed by atoms with van der Waals surface area (Å²) in [5.41, 5.74) is 26.5. The Balaban J connectivity index is 1.12. The number of H-pyrrole nitrogens is 1. The Kier molecular flexibility index (Phi) is 39.8. The van der Waals surface area contributed by atoms with E-state index < -0.39 is 248 Å². The molecule has 22 N–H and O–H groups in total. The molecule has 137 heavy (non-hydrogen) atoms. The van der Waals surface area contributed by atoms with E-state index >= 15 is 38.4 Å². The third kappa shape index (κ3) is 29.5. The molecule has 0 spiro atoms. The van der Waals surface area contributed by atoms with Crippen LogP contribution in [0.1, 0.15) is 134 Å². The smallest absolute Gasteiger partial charge is 0.323 e. The number of aromatic hydroxyl groups is 1. The van der Waals surface area contributed by atoms with Crippen molar-refractivity contribution in [2.45, 2.75) is 235 Å². The molecule has 3 saturated heterocycles. The lowest BCUT2D eigenvalue weighted by Crippen LogP contribution is -2.62. The number of nitrogens with one attached hydrogen (secondary N) is 11. The Hall–Kier alpha value is -13.6. The van der Waals surface area contributed by atoms with Crippen LogP contribution in [-0.2, 0) is 119 Å². The van der Waals surface area contributed by atoms with E-state index in [9.17, 15) is 63.3 Å². The summed E-state index contributed by atoms with van der Waals surface area (Å²) >= 11 is 0.775. The second-order valence-corrected chi connectivity index (χ2v) is 36.4. The third-order valence-electron chi connectivity index (χ3n) is 24.6. The Labute approximate surface area is 797 Å². The van der Waals surface area contributed by atoms with Crippen LogP contribution in [0.25, 0.3) is 21.8 Å². The van der Waals surface area contributed by atoms with E-state index in [0.717, 1.165) is 36.3 Å². The number of nitrogens with zero attached hydrogens (tertiary/aromatic N) is 6. The van der Waals surface area contributed by atoms with Crippen molar-refractivity contribution < 1.29 is 102 Å². The summed E-state index contributed by atoms with van der Waals surface area (Å²) < 4.78 is 1.44. The van der Waals surface area contributed by atoms with Gasteiger partial charge in [-0.2, -0.15) is 0 Å². The van der Waals surface area contributed by atoms with Crippen LogP contribution in [0.4, 0.5) is 0 Å². The van der Waals surface area contributed by atoms with Gasteiger partial charge in [-0.25, -0.2) is 0 Å². The maximum absolute atomic E-state index is 16.0. The molecule has 0 saturated carbocycles. The zero-order valence-corrected chi connectivity index (χ0v) is 79.1. The lowest BCUT2D eigenvalue weighted by atomic mass is 9.99. The van der Waals surface area contributed by atoms with Crippen LogP contribution in [0.3, 0.4) is 0 Å². The highest BCUT2D eigenvalue weighted by Gasteiger charge is 2.47. The average Bonchev–Trinajstić information content (AvgIpc) is 1.48. The predicted octanol–water partition coefficient (Wildman–Crippen LogP) is -2.04. The number of hydrogen-bond donors (Lipinski definition) is 18. The zero-order chi connectivity index (χ0) is 100. The molecular weight excluding hydrogens is 1790 g/mol. The molecule has 2 aromatic heterocycles. The first-order valence-electron chi connectivity index (χ1n) is 46.0. The molecule has 3 aliphatic rings. The lowest BCUT2D eigenvalue weighted by molar-refractivity contribution is -0.149. The van der Waals surface area contributed by atoms with Gasteiger partial charge in [-0.05, 0) is 104 Å². The van der Waals surface area contributed by atoms with Crippen molar-refractivity contribution in [3.05, 3.63) is 138 Å². The van der Waals surface area contributed by atoms with Crippen LogP contribution in [0.15, 0.2) is 116 Å². The molecule has 9 rings (SSSR count). The van der Waals surface area contributed by atoms with E-state index in [1.807, 2.05) is 13.8 Å². The van der Waals surface area contributed by atoms with Gasteiger partial charge in [0.2, 0.25) is 100 Å². The Bertz CT molecular complexity index is 5330. The minimum absolute atomic E-state index is 0.0199. The number of aliphatic carboxylic acids is 1. The molecule has 0 radical (unpaired) electrons. The van der Waals surface area contributed by atoms with Crippen molar-refractivity contribution in [1.82, 2.24) is 87.2 Å². The van der Waals surface area contributed by atoms with Crippen molar-refractivity contribution in [3.8, 4) is 5.75 Å². The fourth-order valence-electron chi connectivity index (χ4n) is 17.2. The van der Waals surface area contributed by atoms with E-state index in [1.54, 1.807) is 98.9 Å². The first-order chi connectivity index (χ1) is 65.2. The molecule has 5 heterocycles. The molecule has 0 aliphatic carbocycles. The number of carbonyl (C=O) groups is 18. The number of unbranched alkanes of at least 4 members (excludes halogenated alkanes) is 2. The number of aliphatic hydroxyl groups is 1. The molecule has 15 atom stereocenters. The third-order valence-corrected chi connectivity index (χ3v) is 25.7. The molecule has 3 fully saturated rings. The number of likely N-dealkylation sites (N-methyl/N-ethyl adjacent to an activating group) is 3. The van der Waals surface area contributed by atoms with Crippen LogP contribution in [-0.4, -0.2) is 312 Å². The summed E-state index contributed by atoms with van der Waals surface area (Å²) in [6, 6.07) is 5.97. The highest BCUT2D eigenvalue weighted by atomic mass is 32.2. The van der Waals surface area contributed by atoms with Crippen molar-refractivity contribution in [2.24, 2.45) is 28.9 Å². The van der Waals surface area contributed by atoms with Crippen molar-refractivity contribution >= 4 is 140 Å². The van der Waals surface area contributed by atoms with E-state index in [1.165, 1.54) is 63.1 Å². The van der Waals surface area contributed by atoms with Crippen LogP contribution in [0.2, 0.25) is 0 Å². The fourth-order valence-corrected chi connectivity index (χ4v) is 18.0. The highest BCUT2D eigenvalue weighted by molar-refractivity contribution is 8.00. The standard InChI is InChI=1S/C94H129N21O21S/c1-9-11-26-73-87(129)103-64(38-54-21-14-13-15-22-54)84(126)109-71(82(124)100-46-78(98)119)50-137-51-79(120)101-67(39-55-30-32-58(116)33-31-55)90(132)110(6)53(5)81(123)105-69(43-77(97)118)92(134)114-36-20-29-74(114)88(130)108-70(44-96)86(128)106-66(37-52(3)4)93(135)115-48-59(117)42-76(115)89(131)104-65(40-56-45-99-62-25-18-16-23-60(56)62)85(127)102-63(34-35-95)83(125)107-68(91(133)112(8)75(27-12-10-2)94(136)111(73)7)41-57-47-113(49-80(121)122)72-28-19-17-24-61(57)72/h13-19,21-25,28,30-33,45,47,52-53,59,63-71,73-76,99,116-117H,9-12,20,26-27,29,34-44,46,48-51,95-96H2,1-8H3,(H2,97,118)(H2,98,119)(H,100,124)(H,101,120)(H,102,127)(H,103,129)(H,104,131)(H,105,123)(H,106,128)(H,107,125)(H,108,130)(H,109,126)(H,121,122)/t53-,59+,63-,64-,65-,66-,67-,68-,69+,70-,71-,73-,74-,75-,76-/m0/s1. The van der Waals surface area contributed by atoms with Gasteiger partial charge in [0.25, 0.3) is 0 Å². The quantitative estimate of drug-likeness (QED) is 0.0278. The topological polar surface area (TPSA) is 629 Å². The van der Waals surface area contributed by atoms with E-state index in [4.69, 9.17) is 22.9 Å². The summed E-state index contributed by atoms with van der Waals surface area (Å²) in [4.78, 5) is 272. The summed E-state index contributed by atoms with van der Waals surface area (Å²) in [6.45, 7) is 5.72. The fraction of sp³-hybridized carbons (Fsp3) is 0.511. The number of carboxylic acids is 1. The van der Waals surface area contributed by atoms with Gasteiger partial charge in [0.1, 0.15) is 96.9 Å². The van der Waals surface area contributed by atoms with E-state index in [2.05, 4.69) is 58.2 Å². The molecule has 0 bridgehead atoms. The van der Waals surface area contributed by atoms with Gasteiger partial charge in [0.15, 0.2) is 0 Å². The number of aromatic amines is 1. The van der Waals surface area contributed by atoms with Crippen LogP contribution >= 0.6 is 11.8 Å². The van der Waals surface area contributed by atoms with Crippen LogP contribution in [0, 0.1) is 5.92 Å². The number of hydrogen-bond acceptors (Lipinski definition) is 23. The number of rotatable bonds is 26. The van der Waals surface area contributed by atoms with Gasteiger partial charge in [0.05, 0.1) is 24.8 Å². The summed E-state index contributed by atoms with van der Waals surface area (Å²) in [5.74, 6) is -18.7. The number of primary amides is 2. The number of para-hydroxylation sites is 2. The van der Waals surface area contributed by atoms with Gasteiger partial charge in [0, 0.05) is 113 Å². The van der Waals surface area contributed by atoms with Crippen molar-refractivity contribution in [2.75, 3.05) is 65.4 Å². The molecule has 4 aromatic carbocycles. The second kappa shape index (κ2) is 50.9. The normalized spacial score (nSPS) is 24.6. The SMILES string of the molecule is CCCC[C@H]1C(=O)N(C)[C@@H](CCCC)C(=O)N[C@@H](Cc2ccccc2)C(=O)N[C@H](C(=O)NCC(N)=O)CSCC(=O)N[C@@H](Cc2ccc(O)cc2)C(=O)N(C)[C@@H](C)C(=O)N[C@H](CC(N)=O)C(=O)N2CCC[C@H]2C(=O)N[C@@H](CN)C(=O)N[C@@H](CC(C)C)C(=O)N2C[C@H](O)C[C@H]2C(=O)N[C@@H](Cc2c[nH]c3ccccc23)C(=O)N[C@@H](CCN)C(=O)N[C@@H](Cc2cn(CC(=O)O)c3ccccc23)C(=O)N1C. The summed E-state index contributed by atoms with van der Waals surface area (Å²) in [6.07, 6.45) is 0.652. The number of benzene rings is 4. The van der Waals surface area contributed by atoms with Gasteiger partial charge >= 0.3 is 5.97 Å². The number of carboxylic acid groups (broad SMARTS) is 1. The monoisotopic (exact) mass is 1920 g/mol. The van der Waals surface area contributed by atoms with Crippen LogP contribution in [0.5, 0.6) is 5.75 Å². The zero-order valence-electron chi connectivity index (χ0n) is 78.3. The van der Waals surface area contributed by atoms with Gasteiger partial charge in [-0.1, -0.05) is 132 Å². The number of aliphatic hydroxyl groups excluding tert-OH is 1. The first kappa shape index (κ1) is 107.